The van der Waals surface area contributed by atoms with Crippen molar-refractivity contribution in [3.05, 3.63) is 26.0 Å². The zero-order valence-electron chi connectivity index (χ0n) is 12.0. The second-order valence-corrected chi connectivity index (χ2v) is 6.22. The van der Waals surface area contributed by atoms with Gasteiger partial charge in [0, 0.05) is 11.3 Å². The summed E-state index contributed by atoms with van der Waals surface area (Å²) in [5, 5.41) is 23.7. The molecule has 0 fully saturated rings. The van der Waals surface area contributed by atoms with E-state index in [1.165, 1.54) is 0 Å². The number of carbonyl (C=O) groups excluding carboxylic acids is 1. The Hall–Kier alpha value is -1.48. The van der Waals surface area contributed by atoms with Crippen LogP contribution in [0.2, 0.25) is 0 Å². The zero-order chi connectivity index (χ0) is 16.2. The summed E-state index contributed by atoms with van der Waals surface area (Å²) in [4.78, 5) is 21.3. The molecule has 1 aromatic rings. The third-order valence-corrected chi connectivity index (χ3v) is 3.18. The number of aliphatic hydroxyl groups is 1. The molecule has 0 saturated carbocycles. The molecule has 1 aromatic heterocycles. The van der Waals surface area contributed by atoms with Crippen LogP contribution in [-0.4, -0.2) is 33.3 Å². The summed E-state index contributed by atoms with van der Waals surface area (Å²) < 4.78 is 10.4. The standard InChI is InChI=1S/C12H17BrN2O6/c1-12(2,3)20-9(17)5-4-7-10(13)11(21-14-7)8(16)6-15(18)19/h8,16H,4-6H2,1-3H3. The number of esters is 1. The molecule has 8 nitrogen and oxygen atoms in total. The van der Waals surface area contributed by atoms with Crippen molar-refractivity contribution in [1.82, 2.24) is 5.16 Å². The molecule has 1 heterocycles. The number of hydrogen-bond acceptors (Lipinski definition) is 7. The minimum Gasteiger partial charge on any atom is -0.460 e. The van der Waals surface area contributed by atoms with Gasteiger partial charge in [-0.3, -0.25) is 14.9 Å². The predicted molar refractivity (Wildman–Crippen MR) is 75.2 cm³/mol. The summed E-state index contributed by atoms with van der Waals surface area (Å²) in [5.41, 5.74) is -0.163. The first-order valence-corrected chi connectivity index (χ1v) is 7.05. The molecule has 0 aromatic carbocycles. The van der Waals surface area contributed by atoms with Crippen LogP contribution in [0.4, 0.5) is 0 Å². The molecule has 1 N–H and O–H groups in total. The summed E-state index contributed by atoms with van der Waals surface area (Å²) in [5.74, 6) is -0.407. The number of aryl methyl sites for hydroxylation is 1. The zero-order valence-corrected chi connectivity index (χ0v) is 13.5. The van der Waals surface area contributed by atoms with Gasteiger partial charge in [0.1, 0.15) is 5.60 Å². The van der Waals surface area contributed by atoms with Crippen molar-refractivity contribution < 1.29 is 24.1 Å². The molecule has 0 radical (unpaired) electrons. The monoisotopic (exact) mass is 364 g/mol. The van der Waals surface area contributed by atoms with E-state index < -0.39 is 23.2 Å². The van der Waals surface area contributed by atoms with E-state index in [4.69, 9.17) is 9.26 Å². The van der Waals surface area contributed by atoms with Gasteiger partial charge >= 0.3 is 5.97 Å². The second-order valence-electron chi connectivity index (χ2n) is 5.43. The summed E-state index contributed by atoms with van der Waals surface area (Å²) in [6.45, 7) is 4.62. The van der Waals surface area contributed by atoms with E-state index in [2.05, 4.69) is 21.1 Å². The van der Waals surface area contributed by atoms with Gasteiger partial charge in [0.2, 0.25) is 6.54 Å². The highest BCUT2D eigenvalue weighted by Crippen LogP contribution is 2.28. The van der Waals surface area contributed by atoms with E-state index >= 15 is 0 Å². The Kier molecular flexibility index (Phi) is 5.85. The Morgan fingerprint density at radius 3 is 2.71 bits per heavy atom. The Morgan fingerprint density at radius 1 is 1.57 bits per heavy atom. The maximum Gasteiger partial charge on any atom is 0.306 e. The number of ether oxygens (including phenoxy) is 1. The predicted octanol–water partition coefficient (Wildman–Crippen LogP) is 2.02. The summed E-state index contributed by atoms with van der Waals surface area (Å²) in [6, 6.07) is 0. The normalized spacial score (nSPS) is 13.0. The topological polar surface area (TPSA) is 116 Å². The molecule has 21 heavy (non-hydrogen) atoms. The van der Waals surface area contributed by atoms with Gasteiger partial charge in [-0.2, -0.15) is 0 Å². The molecule has 118 valence electrons. The number of nitro groups is 1. The minimum absolute atomic E-state index is 0.0223. The van der Waals surface area contributed by atoms with Gasteiger partial charge in [-0.15, -0.1) is 0 Å². The SMILES string of the molecule is CC(C)(C)OC(=O)CCc1noc(C(O)C[N+](=O)[O-])c1Br. The number of aromatic nitrogens is 1. The third kappa shape index (κ3) is 5.80. The van der Waals surface area contributed by atoms with Gasteiger partial charge in [0.05, 0.1) is 16.6 Å². The number of hydrogen-bond donors (Lipinski definition) is 1. The molecule has 0 spiro atoms. The summed E-state index contributed by atoms with van der Waals surface area (Å²) in [7, 11) is 0. The van der Waals surface area contributed by atoms with Crippen LogP contribution in [0.25, 0.3) is 0 Å². The van der Waals surface area contributed by atoms with Crippen molar-refractivity contribution in [3.8, 4) is 0 Å². The average molecular weight is 365 g/mol. The highest BCUT2D eigenvalue weighted by atomic mass is 79.9. The van der Waals surface area contributed by atoms with Crippen LogP contribution in [0.15, 0.2) is 9.00 Å². The smallest absolute Gasteiger partial charge is 0.306 e. The second kappa shape index (κ2) is 6.99. The van der Waals surface area contributed by atoms with Crippen LogP contribution in [0, 0.1) is 10.1 Å². The fraction of sp³-hybridized carbons (Fsp3) is 0.667. The van der Waals surface area contributed by atoms with Crippen LogP contribution < -0.4 is 0 Å². The highest BCUT2D eigenvalue weighted by molar-refractivity contribution is 9.10. The number of halogens is 1. The van der Waals surface area contributed by atoms with E-state index in [1.807, 2.05) is 0 Å². The van der Waals surface area contributed by atoms with Crippen LogP contribution in [0.5, 0.6) is 0 Å². The van der Waals surface area contributed by atoms with Gasteiger partial charge < -0.3 is 14.4 Å². The lowest BCUT2D eigenvalue weighted by atomic mass is 10.1. The van der Waals surface area contributed by atoms with Crippen LogP contribution >= 0.6 is 15.9 Å². The Bertz CT molecular complexity index is 522. The van der Waals surface area contributed by atoms with E-state index in [0.29, 0.717) is 10.2 Å². The van der Waals surface area contributed by atoms with Crippen molar-refractivity contribution in [2.75, 3.05) is 6.54 Å². The summed E-state index contributed by atoms with van der Waals surface area (Å²) in [6.07, 6.45) is -1.06. The lowest BCUT2D eigenvalue weighted by molar-refractivity contribution is -0.492. The quantitative estimate of drug-likeness (QED) is 0.466. The fourth-order valence-corrected chi connectivity index (χ4v) is 2.13. The van der Waals surface area contributed by atoms with Crippen LogP contribution in [0.1, 0.15) is 44.8 Å². The number of carbonyl (C=O) groups is 1. The molecular weight excluding hydrogens is 348 g/mol. The van der Waals surface area contributed by atoms with E-state index in [1.54, 1.807) is 20.8 Å². The molecule has 0 saturated heterocycles. The van der Waals surface area contributed by atoms with Crippen molar-refractivity contribution in [1.29, 1.82) is 0 Å². The lowest BCUT2D eigenvalue weighted by Gasteiger charge is -2.19. The molecule has 0 aliphatic rings. The Balaban J connectivity index is 2.64. The molecule has 1 rings (SSSR count). The van der Waals surface area contributed by atoms with Crippen LogP contribution in [0.3, 0.4) is 0 Å². The van der Waals surface area contributed by atoms with E-state index in [-0.39, 0.29) is 24.6 Å². The molecule has 9 heteroatoms. The maximum absolute atomic E-state index is 11.6. The minimum atomic E-state index is -1.39. The van der Waals surface area contributed by atoms with Gasteiger partial charge in [-0.05, 0) is 36.7 Å². The summed E-state index contributed by atoms with van der Waals surface area (Å²) >= 11 is 3.16. The number of nitrogens with zero attached hydrogens (tertiary/aromatic N) is 2. The maximum atomic E-state index is 11.6. The van der Waals surface area contributed by atoms with Gasteiger partial charge in [-0.25, -0.2) is 0 Å². The van der Waals surface area contributed by atoms with E-state index in [9.17, 15) is 20.0 Å². The first-order chi connectivity index (χ1) is 9.60. The third-order valence-electron chi connectivity index (χ3n) is 2.33. The lowest BCUT2D eigenvalue weighted by Crippen LogP contribution is -2.24. The largest absolute Gasteiger partial charge is 0.460 e. The Labute approximate surface area is 129 Å². The van der Waals surface area contributed by atoms with Crippen molar-refractivity contribution in [2.24, 2.45) is 0 Å². The first-order valence-electron chi connectivity index (χ1n) is 6.26. The average Bonchev–Trinajstić information content (AvgIpc) is 2.65. The molecule has 0 bridgehead atoms. The van der Waals surface area contributed by atoms with Gasteiger partial charge in [-0.1, -0.05) is 5.16 Å². The van der Waals surface area contributed by atoms with Crippen molar-refractivity contribution in [2.45, 2.75) is 45.3 Å². The van der Waals surface area contributed by atoms with Crippen molar-refractivity contribution in [3.63, 3.8) is 0 Å². The van der Waals surface area contributed by atoms with Gasteiger partial charge in [0.15, 0.2) is 11.9 Å². The van der Waals surface area contributed by atoms with Gasteiger partial charge in [0.25, 0.3) is 0 Å². The Morgan fingerprint density at radius 2 is 2.19 bits per heavy atom. The molecule has 0 aliphatic carbocycles. The van der Waals surface area contributed by atoms with Crippen LogP contribution in [-0.2, 0) is 16.0 Å². The van der Waals surface area contributed by atoms with Crippen molar-refractivity contribution >= 4 is 21.9 Å². The fourth-order valence-electron chi connectivity index (χ4n) is 1.53. The molecule has 0 aliphatic heterocycles. The highest BCUT2D eigenvalue weighted by Gasteiger charge is 2.25. The molecular formula is C12H17BrN2O6. The molecule has 0 amide bonds. The van der Waals surface area contributed by atoms with E-state index in [0.717, 1.165) is 0 Å². The number of aliphatic hydroxyl groups excluding tert-OH is 1. The number of rotatable bonds is 6. The molecule has 1 unspecified atom stereocenters. The molecule has 1 atom stereocenters. The first kappa shape index (κ1) is 17.6.